The number of carbonyl (C=O) groups excluding carboxylic acids is 2. The molecule has 2 atom stereocenters. The summed E-state index contributed by atoms with van der Waals surface area (Å²) in [5.74, 6) is 0.755. The highest BCUT2D eigenvalue weighted by molar-refractivity contribution is 8.00. The molecule has 118 valence electrons. The Labute approximate surface area is 131 Å². The number of piperazine rings is 1. The minimum Gasteiger partial charge on any atom is -0.342 e. The Hall–Kier alpha value is -0.710. The molecule has 2 unspecified atom stereocenters. The molecule has 0 aromatic carbocycles. The molecule has 0 radical (unpaired) electrons. The summed E-state index contributed by atoms with van der Waals surface area (Å²) >= 11 is 1.87. The number of hydrogen-bond donors (Lipinski definition) is 1. The van der Waals surface area contributed by atoms with Gasteiger partial charge in [-0.1, -0.05) is 20.3 Å². The van der Waals surface area contributed by atoms with Crippen molar-refractivity contribution in [3.8, 4) is 0 Å². The molecule has 0 spiro atoms. The molecule has 2 aliphatic carbocycles. The molecule has 1 saturated heterocycles. The van der Waals surface area contributed by atoms with Gasteiger partial charge in [0.2, 0.25) is 11.8 Å². The van der Waals surface area contributed by atoms with Crippen LogP contribution in [-0.4, -0.2) is 46.3 Å². The van der Waals surface area contributed by atoms with Gasteiger partial charge in [0.1, 0.15) is 12.1 Å². The van der Waals surface area contributed by atoms with Gasteiger partial charge < -0.3 is 10.2 Å². The van der Waals surface area contributed by atoms with Gasteiger partial charge in [0, 0.05) is 11.3 Å². The molecular weight excluding hydrogens is 284 g/mol. The van der Waals surface area contributed by atoms with Gasteiger partial charge in [-0.25, -0.2) is 0 Å². The number of nitrogens with zero attached hydrogens (tertiary/aromatic N) is 1. The van der Waals surface area contributed by atoms with Crippen molar-refractivity contribution in [1.82, 2.24) is 10.2 Å². The Bertz CT molecular complexity index is 438. The molecule has 2 amide bonds. The van der Waals surface area contributed by atoms with Crippen LogP contribution in [0.3, 0.4) is 0 Å². The lowest BCUT2D eigenvalue weighted by Crippen LogP contribution is -2.67. The van der Waals surface area contributed by atoms with Crippen molar-refractivity contribution in [3.05, 3.63) is 0 Å². The normalized spacial score (nSPS) is 32.1. The summed E-state index contributed by atoms with van der Waals surface area (Å²) in [5, 5.41) is 2.99. The molecule has 1 aliphatic heterocycles. The Morgan fingerprint density at radius 2 is 2.00 bits per heavy atom. The van der Waals surface area contributed by atoms with Gasteiger partial charge in [-0.15, -0.1) is 0 Å². The van der Waals surface area contributed by atoms with Crippen LogP contribution in [0.5, 0.6) is 0 Å². The number of amides is 2. The first-order valence-corrected chi connectivity index (χ1v) is 9.36. The fourth-order valence-corrected chi connectivity index (χ4v) is 4.62. The molecule has 21 heavy (non-hydrogen) atoms. The van der Waals surface area contributed by atoms with Crippen molar-refractivity contribution < 1.29 is 9.59 Å². The van der Waals surface area contributed by atoms with E-state index < -0.39 is 0 Å². The fourth-order valence-electron chi connectivity index (χ4n) is 3.65. The summed E-state index contributed by atoms with van der Waals surface area (Å²) in [6.07, 6.45) is 7.86. The summed E-state index contributed by atoms with van der Waals surface area (Å²) in [6.45, 7) is 4.81. The minimum atomic E-state index is -0.294. The van der Waals surface area contributed by atoms with E-state index >= 15 is 0 Å². The lowest BCUT2D eigenvalue weighted by Gasteiger charge is -2.49. The van der Waals surface area contributed by atoms with Gasteiger partial charge in [-0.2, -0.15) is 11.8 Å². The zero-order valence-electron chi connectivity index (χ0n) is 13.2. The van der Waals surface area contributed by atoms with Crippen molar-refractivity contribution >= 4 is 23.6 Å². The molecule has 0 bridgehead atoms. The molecule has 5 heteroatoms. The maximum absolute atomic E-state index is 12.9. The quantitative estimate of drug-likeness (QED) is 0.845. The van der Waals surface area contributed by atoms with Gasteiger partial charge in [0.05, 0.1) is 0 Å². The van der Waals surface area contributed by atoms with Crippen molar-refractivity contribution in [3.63, 3.8) is 0 Å². The summed E-state index contributed by atoms with van der Waals surface area (Å²) in [5.41, 5.74) is 0. The zero-order valence-corrected chi connectivity index (χ0v) is 14.0. The molecule has 3 rings (SSSR count). The fraction of sp³-hybridized carbons (Fsp3) is 0.875. The molecule has 1 heterocycles. The molecule has 4 nitrogen and oxygen atoms in total. The Balaban J connectivity index is 1.83. The monoisotopic (exact) mass is 310 g/mol. The van der Waals surface area contributed by atoms with Crippen LogP contribution in [0, 0.1) is 11.8 Å². The lowest BCUT2D eigenvalue weighted by molar-refractivity contribution is -0.152. The van der Waals surface area contributed by atoms with Crippen molar-refractivity contribution in [2.24, 2.45) is 11.8 Å². The second-order valence-corrected chi connectivity index (χ2v) is 8.49. The van der Waals surface area contributed by atoms with E-state index in [9.17, 15) is 9.59 Å². The second-order valence-electron chi connectivity index (χ2n) is 7.22. The van der Waals surface area contributed by atoms with Gasteiger partial charge in [-0.3, -0.25) is 9.59 Å². The minimum absolute atomic E-state index is 0.0528. The Morgan fingerprint density at radius 3 is 2.43 bits per heavy atom. The van der Waals surface area contributed by atoms with Crippen LogP contribution in [0.1, 0.15) is 46.0 Å². The van der Waals surface area contributed by atoms with Crippen LogP contribution in [0.25, 0.3) is 0 Å². The van der Waals surface area contributed by atoms with E-state index in [0.29, 0.717) is 5.92 Å². The van der Waals surface area contributed by atoms with Crippen LogP contribution in [0.15, 0.2) is 0 Å². The van der Waals surface area contributed by atoms with Crippen LogP contribution < -0.4 is 5.32 Å². The molecular formula is C16H26N2O2S. The number of thioether (sulfide) groups is 1. The third kappa shape index (κ3) is 2.69. The van der Waals surface area contributed by atoms with Gasteiger partial charge in [0.15, 0.2) is 0 Å². The zero-order chi connectivity index (χ0) is 15.2. The predicted molar refractivity (Wildman–Crippen MR) is 85.1 cm³/mol. The van der Waals surface area contributed by atoms with Gasteiger partial charge in [0.25, 0.3) is 0 Å². The molecule has 3 fully saturated rings. The highest BCUT2D eigenvalue weighted by Crippen LogP contribution is 2.45. The summed E-state index contributed by atoms with van der Waals surface area (Å²) < 4.78 is 0.189. The van der Waals surface area contributed by atoms with Gasteiger partial charge in [-0.05, 0) is 43.8 Å². The largest absolute Gasteiger partial charge is 0.342 e. The molecule has 3 aliphatic rings. The average molecular weight is 310 g/mol. The molecule has 2 saturated carbocycles. The van der Waals surface area contributed by atoms with Crippen molar-refractivity contribution in [2.45, 2.75) is 62.8 Å². The van der Waals surface area contributed by atoms with Crippen LogP contribution >= 0.6 is 11.8 Å². The second kappa shape index (κ2) is 5.49. The summed E-state index contributed by atoms with van der Waals surface area (Å²) in [7, 11) is 0. The van der Waals surface area contributed by atoms with E-state index in [-0.39, 0.29) is 34.6 Å². The highest BCUT2D eigenvalue weighted by atomic mass is 32.2. The summed E-state index contributed by atoms with van der Waals surface area (Å²) in [6, 6.07) is -0.552. The first kappa shape index (κ1) is 15.2. The van der Waals surface area contributed by atoms with E-state index in [4.69, 9.17) is 0 Å². The number of carbonyl (C=O) groups is 2. The van der Waals surface area contributed by atoms with E-state index in [1.165, 1.54) is 19.3 Å². The lowest BCUT2D eigenvalue weighted by atomic mass is 9.82. The van der Waals surface area contributed by atoms with E-state index in [1.54, 1.807) is 0 Å². The van der Waals surface area contributed by atoms with Crippen LogP contribution in [0.2, 0.25) is 0 Å². The number of rotatable bonds is 5. The maximum Gasteiger partial charge on any atom is 0.246 e. The molecule has 0 aromatic heterocycles. The topological polar surface area (TPSA) is 49.4 Å². The summed E-state index contributed by atoms with van der Waals surface area (Å²) in [4.78, 5) is 27.3. The van der Waals surface area contributed by atoms with Crippen LogP contribution in [0.4, 0.5) is 0 Å². The Morgan fingerprint density at radius 1 is 1.33 bits per heavy atom. The standard InChI is InChI=1S/C16H26N2O2S/c1-10(2)13-14(19)17-12(11-5-6-11)15(20)18(13)9-16(21-3)7-4-8-16/h10-13H,4-9H2,1-3H3,(H,17,19). The first-order chi connectivity index (χ1) is 9.97. The van der Waals surface area contributed by atoms with E-state index in [1.807, 2.05) is 30.5 Å². The Kier molecular flexibility index (Phi) is 3.97. The molecule has 0 aromatic rings. The van der Waals surface area contributed by atoms with Gasteiger partial charge >= 0.3 is 0 Å². The van der Waals surface area contributed by atoms with E-state index in [0.717, 1.165) is 19.4 Å². The highest BCUT2D eigenvalue weighted by Gasteiger charge is 2.50. The predicted octanol–water partition coefficient (Wildman–Crippen LogP) is 2.03. The van der Waals surface area contributed by atoms with Crippen molar-refractivity contribution in [1.29, 1.82) is 0 Å². The third-order valence-electron chi connectivity index (χ3n) is 5.33. The number of nitrogens with one attached hydrogen (secondary N) is 1. The van der Waals surface area contributed by atoms with Crippen molar-refractivity contribution in [2.75, 3.05) is 12.8 Å². The number of hydrogen-bond acceptors (Lipinski definition) is 3. The van der Waals surface area contributed by atoms with Crippen LogP contribution in [-0.2, 0) is 9.59 Å². The molecule has 1 N–H and O–H groups in total. The maximum atomic E-state index is 12.9. The van der Waals surface area contributed by atoms with E-state index in [2.05, 4.69) is 11.6 Å². The smallest absolute Gasteiger partial charge is 0.246 e. The average Bonchev–Trinajstić information content (AvgIpc) is 3.20. The third-order valence-corrected chi connectivity index (χ3v) is 6.74. The first-order valence-electron chi connectivity index (χ1n) is 8.13. The SMILES string of the molecule is CSC1(CN2C(=O)C(C3CC3)NC(=O)C2C(C)C)CCC1.